The van der Waals surface area contributed by atoms with Crippen LogP contribution in [-0.4, -0.2) is 55.7 Å². The van der Waals surface area contributed by atoms with Crippen LogP contribution in [-0.2, 0) is 31.9 Å². The van der Waals surface area contributed by atoms with E-state index >= 15 is 0 Å². The number of carbonyl (C=O) groups excluding carboxylic acids is 3. The van der Waals surface area contributed by atoms with Gasteiger partial charge < -0.3 is 19.7 Å². The van der Waals surface area contributed by atoms with Crippen LogP contribution in [0.4, 0.5) is 4.79 Å². The molecule has 31 heavy (non-hydrogen) atoms. The van der Waals surface area contributed by atoms with Crippen LogP contribution < -0.4 is 5.32 Å². The first-order chi connectivity index (χ1) is 15.0. The summed E-state index contributed by atoms with van der Waals surface area (Å²) in [5, 5.41) is 2.60. The highest BCUT2D eigenvalue weighted by Gasteiger charge is 2.33. The smallest absolute Gasteiger partial charge is 0.408 e. The molecule has 1 N–H and O–H groups in total. The molecule has 0 aliphatic carbocycles. The Bertz CT molecular complexity index is 870. The van der Waals surface area contributed by atoms with Gasteiger partial charge in [-0.3, -0.25) is 4.79 Å². The summed E-state index contributed by atoms with van der Waals surface area (Å²) < 4.78 is 9.92. The second-order valence-electron chi connectivity index (χ2n) is 6.95. The van der Waals surface area contributed by atoms with Crippen molar-refractivity contribution >= 4 is 18.0 Å². The highest BCUT2D eigenvalue weighted by Crippen LogP contribution is 2.13. The number of amides is 2. The minimum atomic E-state index is -0.923. The second kappa shape index (κ2) is 12.2. The number of likely N-dealkylation sites (N-methyl/N-ethyl adjacent to an activating group) is 1. The average Bonchev–Trinajstić information content (AvgIpc) is 2.80. The van der Waals surface area contributed by atoms with Crippen LogP contribution >= 0.6 is 0 Å². The minimum absolute atomic E-state index is 0.0205. The lowest BCUT2D eigenvalue weighted by atomic mass is 10.0. The number of alkyl carbamates (subject to hydrolysis) is 1. The van der Waals surface area contributed by atoms with E-state index in [9.17, 15) is 14.4 Å². The van der Waals surface area contributed by atoms with Gasteiger partial charge >= 0.3 is 12.1 Å². The van der Waals surface area contributed by atoms with E-state index in [4.69, 9.17) is 9.47 Å². The molecule has 0 heterocycles. The summed E-state index contributed by atoms with van der Waals surface area (Å²) in [4.78, 5) is 39.3. The number of methoxy groups -OCH3 is 1. The van der Waals surface area contributed by atoms with E-state index in [0.717, 1.165) is 11.1 Å². The van der Waals surface area contributed by atoms with Gasteiger partial charge in [0.1, 0.15) is 18.7 Å². The van der Waals surface area contributed by atoms with Crippen molar-refractivity contribution in [3.63, 3.8) is 0 Å². The SMILES string of the molecule is C=CCOC(=O)N[C@@H](Cc1ccccc1)C(=O)N(C)[C@@H](Cc1ccccc1)C(=O)OC. The van der Waals surface area contributed by atoms with Crippen molar-refractivity contribution in [2.45, 2.75) is 24.9 Å². The number of carbonyl (C=O) groups is 3. The summed E-state index contributed by atoms with van der Waals surface area (Å²) in [6.45, 7) is 3.52. The van der Waals surface area contributed by atoms with Gasteiger partial charge in [-0.1, -0.05) is 73.3 Å². The van der Waals surface area contributed by atoms with E-state index < -0.39 is 30.1 Å². The highest BCUT2D eigenvalue weighted by molar-refractivity contribution is 5.90. The van der Waals surface area contributed by atoms with E-state index in [1.54, 1.807) is 0 Å². The van der Waals surface area contributed by atoms with Crippen molar-refractivity contribution in [2.24, 2.45) is 0 Å². The van der Waals surface area contributed by atoms with Crippen LogP contribution in [0, 0.1) is 0 Å². The molecule has 2 aromatic rings. The van der Waals surface area contributed by atoms with Gasteiger partial charge in [0, 0.05) is 19.9 Å². The van der Waals surface area contributed by atoms with Gasteiger partial charge in [0.15, 0.2) is 0 Å². The maximum atomic E-state index is 13.3. The minimum Gasteiger partial charge on any atom is -0.467 e. The predicted molar refractivity (Wildman–Crippen MR) is 117 cm³/mol. The van der Waals surface area contributed by atoms with Gasteiger partial charge in [-0.05, 0) is 11.1 Å². The number of hydrogen-bond acceptors (Lipinski definition) is 5. The fraction of sp³-hybridized carbons (Fsp3) is 0.292. The van der Waals surface area contributed by atoms with Crippen molar-refractivity contribution in [2.75, 3.05) is 20.8 Å². The quantitative estimate of drug-likeness (QED) is 0.468. The third kappa shape index (κ3) is 7.29. The summed E-state index contributed by atoms with van der Waals surface area (Å²) in [6, 6.07) is 16.9. The van der Waals surface area contributed by atoms with Crippen molar-refractivity contribution in [1.29, 1.82) is 0 Å². The van der Waals surface area contributed by atoms with Gasteiger partial charge in [-0.2, -0.15) is 0 Å². The Labute approximate surface area is 182 Å². The zero-order valence-corrected chi connectivity index (χ0v) is 17.8. The van der Waals surface area contributed by atoms with E-state index in [0.29, 0.717) is 0 Å². The third-order valence-corrected chi connectivity index (χ3v) is 4.77. The van der Waals surface area contributed by atoms with Gasteiger partial charge in [0.25, 0.3) is 0 Å². The molecule has 7 nitrogen and oxygen atoms in total. The fourth-order valence-electron chi connectivity index (χ4n) is 3.12. The molecule has 2 atom stereocenters. The molecule has 2 amide bonds. The zero-order chi connectivity index (χ0) is 22.6. The zero-order valence-electron chi connectivity index (χ0n) is 17.8. The topological polar surface area (TPSA) is 84.9 Å². The Morgan fingerprint density at radius 1 is 1.00 bits per heavy atom. The van der Waals surface area contributed by atoms with Crippen LogP contribution in [0.15, 0.2) is 73.3 Å². The molecular formula is C24H28N2O5. The first-order valence-corrected chi connectivity index (χ1v) is 9.92. The normalized spacial score (nSPS) is 12.2. The summed E-state index contributed by atoms with van der Waals surface area (Å²) in [5.74, 6) is -0.960. The highest BCUT2D eigenvalue weighted by atomic mass is 16.5. The Morgan fingerprint density at radius 3 is 2.06 bits per heavy atom. The molecule has 0 saturated heterocycles. The molecule has 164 valence electrons. The van der Waals surface area contributed by atoms with Crippen molar-refractivity contribution < 1.29 is 23.9 Å². The summed E-state index contributed by atoms with van der Waals surface area (Å²) in [5.41, 5.74) is 1.74. The fourth-order valence-corrected chi connectivity index (χ4v) is 3.12. The van der Waals surface area contributed by atoms with Crippen LogP contribution in [0.5, 0.6) is 0 Å². The molecule has 0 bridgehead atoms. The Hall–Kier alpha value is -3.61. The molecule has 0 aromatic heterocycles. The molecule has 0 aliphatic heterocycles. The Morgan fingerprint density at radius 2 is 1.55 bits per heavy atom. The number of rotatable bonds is 10. The van der Waals surface area contributed by atoms with Gasteiger partial charge in [-0.25, -0.2) is 9.59 Å². The van der Waals surface area contributed by atoms with Crippen LogP contribution in [0.2, 0.25) is 0 Å². The molecule has 0 spiro atoms. The molecule has 0 saturated carbocycles. The van der Waals surface area contributed by atoms with E-state index in [2.05, 4.69) is 11.9 Å². The number of nitrogens with zero attached hydrogens (tertiary/aromatic N) is 1. The van der Waals surface area contributed by atoms with Crippen LogP contribution in [0.25, 0.3) is 0 Å². The van der Waals surface area contributed by atoms with Crippen LogP contribution in [0.1, 0.15) is 11.1 Å². The molecule has 0 aliphatic rings. The van der Waals surface area contributed by atoms with Gasteiger partial charge in [-0.15, -0.1) is 0 Å². The standard InChI is InChI=1S/C24H28N2O5/c1-4-15-31-24(29)25-20(16-18-11-7-5-8-12-18)22(27)26(2)21(23(28)30-3)17-19-13-9-6-10-14-19/h4-14,20-21H,1,15-17H2,2-3H3,(H,25,29)/t20-,21-/m0/s1. The number of esters is 1. The first kappa shape index (κ1) is 23.7. The lowest BCUT2D eigenvalue weighted by Gasteiger charge is -2.30. The van der Waals surface area contributed by atoms with Crippen LogP contribution in [0.3, 0.4) is 0 Å². The maximum Gasteiger partial charge on any atom is 0.408 e. The lowest BCUT2D eigenvalue weighted by molar-refractivity contribution is -0.152. The average molecular weight is 424 g/mol. The molecule has 0 unspecified atom stereocenters. The first-order valence-electron chi connectivity index (χ1n) is 9.92. The van der Waals surface area contributed by atoms with Gasteiger partial charge in [0.05, 0.1) is 7.11 Å². The number of nitrogens with one attached hydrogen (secondary N) is 1. The maximum absolute atomic E-state index is 13.3. The van der Waals surface area contributed by atoms with E-state index in [-0.39, 0.29) is 19.4 Å². The molecular weight excluding hydrogens is 396 g/mol. The monoisotopic (exact) mass is 424 g/mol. The lowest BCUT2D eigenvalue weighted by Crippen LogP contribution is -2.54. The third-order valence-electron chi connectivity index (χ3n) is 4.77. The summed E-state index contributed by atoms with van der Waals surface area (Å²) in [7, 11) is 2.81. The molecule has 0 fully saturated rings. The Kier molecular flexibility index (Phi) is 9.29. The number of ether oxygens (including phenoxy) is 2. The van der Waals surface area contributed by atoms with Gasteiger partial charge in [0.2, 0.25) is 5.91 Å². The van der Waals surface area contributed by atoms with Crippen molar-refractivity contribution in [3.8, 4) is 0 Å². The van der Waals surface area contributed by atoms with Crippen molar-refractivity contribution in [1.82, 2.24) is 10.2 Å². The molecule has 7 heteroatoms. The number of hydrogen-bond donors (Lipinski definition) is 1. The summed E-state index contributed by atoms with van der Waals surface area (Å²) >= 11 is 0. The second-order valence-corrected chi connectivity index (χ2v) is 6.95. The molecule has 2 aromatic carbocycles. The van der Waals surface area contributed by atoms with E-state index in [1.165, 1.54) is 25.1 Å². The largest absolute Gasteiger partial charge is 0.467 e. The Balaban J connectivity index is 2.24. The number of benzene rings is 2. The summed E-state index contributed by atoms with van der Waals surface area (Å²) in [6.07, 6.45) is 1.23. The molecule has 2 rings (SSSR count). The molecule has 0 radical (unpaired) electrons. The van der Waals surface area contributed by atoms with E-state index in [1.807, 2.05) is 60.7 Å². The van der Waals surface area contributed by atoms with Crippen molar-refractivity contribution in [3.05, 3.63) is 84.4 Å². The predicted octanol–water partition coefficient (Wildman–Crippen LogP) is 2.75.